The van der Waals surface area contributed by atoms with E-state index in [4.69, 9.17) is 0 Å². The highest BCUT2D eigenvalue weighted by molar-refractivity contribution is 5.04. The quantitative estimate of drug-likeness (QED) is 0.752. The van der Waals surface area contributed by atoms with Gasteiger partial charge < -0.3 is 4.90 Å². The predicted molar refractivity (Wildman–Crippen MR) is 66.7 cm³/mol. The highest BCUT2D eigenvalue weighted by Gasteiger charge is 1.97. The van der Waals surface area contributed by atoms with Gasteiger partial charge in [-0.1, -0.05) is 26.5 Å². The zero-order valence-electron chi connectivity index (χ0n) is 10.3. The molecule has 15 heavy (non-hydrogen) atoms. The van der Waals surface area contributed by atoms with E-state index in [0.717, 1.165) is 24.4 Å². The number of aromatic nitrogens is 1. The maximum absolute atomic E-state index is 4.25. The van der Waals surface area contributed by atoms with Crippen LogP contribution in [0.3, 0.4) is 0 Å². The van der Waals surface area contributed by atoms with E-state index in [-0.39, 0.29) is 0 Å². The van der Waals surface area contributed by atoms with E-state index in [0.29, 0.717) is 0 Å². The molecule has 0 bridgehead atoms. The Labute approximate surface area is 93.6 Å². The highest BCUT2D eigenvalue weighted by Crippen LogP contribution is 2.00. The van der Waals surface area contributed by atoms with Crippen molar-refractivity contribution in [3.63, 3.8) is 0 Å². The molecular formula is C13H22N2. The number of likely N-dealkylation sites (N-methyl/N-ethyl adjacent to an activating group) is 1. The lowest BCUT2D eigenvalue weighted by atomic mass is 10.2. The monoisotopic (exact) mass is 206 g/mol. The van der Waals surface area contributed by atoms with E-state index in [1.807, 2.05) is 52.2 Å². The van der Waals surface area contributed by atoms with Gasteiger partial charge in [0.1, 0.15) is 0 Å². The summed E-state index contributed by atoms with van der Waals surface area (Å²) >= 11 is 0. The summed E-state index contributed by atoms with van der Waals surface area (Å²) in [5, 5.41) is 0. The second-order valence-electron chi connectivity index (χ2n) is 3.23. The first-order chi connectivity index (χ1) is 7.20. The Bertz CT molecular complexity index is 267. The van der Waals surface area contributed by atoms with Crippen molar-refractivity contribution in [2.24, 2.45) is 0 Å². The van der Waals surface area contributed by atoms with E-state index in [2.05, 4.69) is 16.5 Å². The topological polar surface area (TPSA) is 16.1 Å². The molecule has 0 aliphatic carbocycles. The zero-order valence-corrected chi connectivity index (χ0v) is 10.3. The molecule has 84 valence electrons. The summed E-state index contributed by atoms with van der Waals surface area (Å²) in [4.78, 5) is 6.39. The van der Waals surface area contributed by atoms with Gasteiger partial charge in [0, 0.05) is 37.6 Å². The van der Waals surface area contributed by atoms with Gasteiger partial charge in [-0.3, -0.25) is 4.98 Å². The van der Waals surface area contributed by atoms with Gasteiger partial charge in [0.05, 0.1) is 0 Å². The van der Waals surface area contributed by atoms with Crippen molar-refractivity contribution in [2.45, 2.75) is 27.2 Å². The maximum Gasteiger partial charge on any atom is 0.0421 e. The summed E-state index contributed by atoms with van der Waals surface area (Å²) < 4.78 is 0. The molecule has 0 saturated heterocycles. The molecule has 1 aromatic heterocycles. The molecule has 0 atom stereocenters. The molecule has 2 nitrogen and oxygen atoms in total. The second-order valence-corrected chi connectivity index (χ2v) is 3.23. The Morgan fingerprint density at radius 1 is 1.40 bits per heavy atom. The first-order valence-electron chi connectivity index (χ1n) is 5.46. The molecule has 1 heterocycles. The van der Waals surface area contributed by atoms with Crippen LogP contribution in [0.4, 0.5) is 0 Å². The van der Waals surface area contributed by atoms with Gasteiger partial charge in [-0.2, -0.15) is 0 Å². The first kappa shape index (κ1) is 13.7. The number of hydrogen-bond donors (Lipinski definition) is 0. The van der Waals surface area contributed by atoms with Crippen LogP contribution >= 0.6 is 0 Å². The average molecular weight is 206 g/mol. The summed E-state index contributed by atoms with van der Waals surface area (Å²) in [6, 6.07) is 6.00. The summed E-state index contributed by atoms with van der Waals surface area (Å²) in [6.07, 6.45) is 2.81. The van der Waals surface area contributed by atoms with Crippen LogP contribution in [0.2, 0.25) is 0 Å². The molecule has 0 N–H and O–H groups in total. The van der Waals surface area contributed by atoms with Crippen LogP contribution in [-0.2, 0) is 6.42 Å². The maximum atomic E-state index is 4.25. The lowest BCUT2D eigenvalue weighted by Crippen LogP contribution is -2.18. The van der Waals surface area contributed by atoms with Crippen LogP contribution in [-0.4, -0.2) is 23.5 Å². The smallest absolute Gasteiger partial charge is 0.0421 e. The highest BCUT2D eigenvalue weighted by atomic mass is 15.1. The van der Waals surface area contributed by atoms with Gasteiger partial charge in [-0.25, -0.2) is 0 Å². The molecule has 0 aromatic carbocycles. The fraction of sp³-hybridized carbons (Fsp3) is 0.462. The van der Waals surface area contributed by atoms with Crippen LogP contribution in [0.1, 0.15) is 26.5 Å². The fourth-order valence-electron chi connectivity index (χ4n) is 1.02. The second kappa shape index (κ2) is 8.04. The van der Waals surface area contributed by atoms with Crippen LogP contribution in [0.25, 0.3) is 0 Å². The molecule has 0 saturated carbocycles. The van der Waals surface area contributed by atoms with Crippen molar-refractivity contribution in [3.05, 3.63) is 42.4 Å². The van der Waals surface area contributed by atoms with Crippen molar-refractivity contribution < 1.29 is 0 Å². The Balaban J connectivity index is 0.000000921. The zero-order chi connectivity index (χ0) is 11.7. The molecule has 1 aromatic rings. The molecule has 0 fully saturated rings. The van der Waals surface area contributed by atoms with Gasteiger partial charge in [-0.15, -0.1) is 0 Å². The van der Waals surface area contributed by atoms with E-state index in [1.165, 1.54) is 0 Å². The largest absolute Gasteiger partial charge is 0.378 e. The van der Waals surface area contributed by atoms with E-state index >= 15 is 0 Å². The molecular weight excluding hydrogens is 184 g/mol. The normalized spacial score (nSPS) is 8.80. The number of nitrogens with zero attached hydrogens (tertiary/aromatic N) is 2. The Morgan fingerprint density at radius 3 is 2.53 bits per heavy atom. The Morgan fingerprint density at radius 2 is 2.07 bits per heavy atom. The van der Waals surface area contributed by atoms with Crippen molar-refractivity contribution in [1.82, 2.24) is 9.88 Å². The van der Waals surface area contributed by atoms with Gasteiger partial charge >= 0.3 is 0 Å². The Hall–Kier alpha value is -1.31. The van der Waals surface area contributed by atoms with Crippen molar-refractivity contribution in [3.8, 4) is 0 Å². The minimum atomic E-state index is 0.976. The molecule has 1 rings (SSSR count). The molecule has 2 heteroatoms. The summed E-state index contributed by atoms with van der Waals surface area (Å²) in [7, 11) is 2.05. The lowest BCUT2D eigenvalue weighted by molar-refractivity contribution is 0.423. The Kier molecular flexibility index (Phi) is 7.33. The minimum absolute atomic E-state index is 0.976. The van der Waals surface area contributed by atoms with Crippen molar-refractivity contribution in [2.75, 3.05) is 13.6 Å². The molecule has 0 aliphatic heterocycles. The standard InChI is InChI=1S/C11H16N2.C2H6/c1-10(2)13(3)9-7-11-6-4-5-8-12-11;1-2/h4-6,8H,1,7,9H2,2-3H3;1-2H3. The average Bonchev–Trinajstić information content (AvgIpc) is 2.30. The number of pyridine rings is 1. The summed E-state index contributed by atoms with van der Waals surface area (Å²) in [5.74, 6) is 0. The van der Waals surface area contributed by atoms with E-state index < -0.39 is 0 Å². The third-order valence-corrected chi connectivity index (χ3v) is 2.08. The molecule has 0 aliphatic rings. The van der Waals surface area contributed by atoms with Crippen molar-refractivity contribution >= 4 is 0 Å². The van der Waals surface area contributed by atoms with Crippen molar-refractivity contribution in [1.29, 1.82) is 0 Å². The van der Waals surface area contributed by atoms with Gasteiger partial charge in [0.25, 0.3) is 0 Å². The molecule has 0 unspecified atom stereocenters. The number of allylic oxidation sites excluding steroid dienone is 1. The summed E-state index contributed by atoms with van der Waals surface area (Å²) in [6.45, 7) is 10.9. The first-order valence-corrected chi connectivity index (χ1v) is 5.46. The van der Waals surface area contributed by atoms with Gasteiger partial charge in [0.15, 0.2) is 0 Å². The number of rotatable bonds is 4. The van der Waals surface area contributed by atoms with E-state index in [9.17, 15) is 0 Å². The lowest BCUT2D eigenvalue weighted by Gasteiger charge is -2.17. The van der Waals surface area contributed by atoms with Crippen LogP contribution in [0.5, 0.6) is 0 Å². The SMILES string of the molecule is C=C(C)N(C)CCc1ccccn1.CC. The fourth-order valence-corrected chi connectivity index (χ4v) is 1.02. The van der Waals surface area contributed by atoms with Gasteiger partial charge in [0.2, 0.25) is 0 Å². The predicted octanol–water partition coefficient (Wildman–Crippen LogP) is 3.12. The third kappa shape index (κ3) is 5.89. The minimum Gasteiger partial charge on any atom is -0.378 e. The van der Waals surface area contributed by atoms with E-state index in [1.54, 1.807) is 0 Å². The number of hydrogen-bond acceptors (Lipinski definition) is 2. The van der Waals surface area contributed by atoms with Gasteiger partial charge in [-0.05, 0) is 19.1 Å². The molecule has 0 spiro atoms. The van der Waals surface area contributed by atoms with Crippen LogP contribution in [0.15, 0.2) is 36.7 Å². The molecule has 0 radical (unpaired) electrons. The summed E-state index contributed by atoms with van der Waals surface area (Å²) in [5.41, 5.74) is 2.23. The van der Waals surface area contributed by atoms with Crippen LogP contribution < -0.4 is 0 Å². The van der Waals surface area contributed by atoms with Crippen LogP contribution in [0, 0.1) is 0 Å². The third-order valence-electron chi connectivity index (χ3n) is 2.08. The molecule has 0 amide bonds.